The van der Waals surface area contributed by atoms with Crippen molar-refractivity contribution in [2.75, 3.05) is 26.0 Å². The fraction of sp³-hybridized carbons (Fsp3) is 0.185. The zero-order chi connectivity index (χ0) is 23.8. The van der Waals surface area contributed by atoms with Crippen LogP contribution in [0.3, 0.4) is 0 Å². The van der Waals surface area contributed by atoms with E-state index in [1.165, 1.54) is 11.1 Å². The largest absolute Gasteiger partial charge is 0.495 e. The fourth-order valence-electron chi connectivity index (χ4n) is 4.47. The first-order chi connectivity index (χ1) is 17.2. The second kappa shape index (κ2) is 8.81. The molecule has 8 heteroatoms. The second-order valence-electron chi connectivity index (χ2n) is 8.76. The van der Waals surface area contributed by atoms with Crippen molar-refractivity contribution in [3.8, 4) is 22.7 Å². The third kappa shape index (κ3) is 4.20. The maximum absolute atomic E-state index is 5.67. The molecule has 0 radical (unpaired) electrons. The first-order valence-electron chi connectivity index (χ1n) is 11.5. The molecule has 0 aliphatic carbocycles. The Morgan fingerprint density at radius 2 is 1.89 bits per heavy atom. The summed E-state index contributed by atoms with van der Waals surface area (Å²) in [6.45, 7) is 1.98. The van der Waals surface area contributed by atoms with Crippen molar-refractivity contribution in [1.29, 1.82) is 0 Å². The normalized spacial score (nSPS) is 13.5. The molecule has 5 aromatic rings. The molecule has 0 unspecified atom stereocenters. The standard InChI is InChI=1S/C27H25N7O/c1-33-11-8-19-14-25(35-2)24(13-22(19)17-33)32-27-29-16-21-5-4-18(12-23(21)31-27)20-6-7-26(28-15-20)34-10-3-9-30-34/h3-7,9-10,12-16H,8,11,17H2,1-2H3,(H,29,31,32). The number of benzene rings is 2. The molecule has 1 aliphatic rings. The van der Waals surface area contributed by atoms with Crippen LogP contribution in [0.15, 0.2) is 73.3 Å². The van der Waals surface area contributed by atoms with E-state index < -0.39 is 0 Å². The zero-order valence-electron chi connectivity index (χ0n) is 19.6. The van der Waals surface area contributed by atoms with Crippen LogP contribution in [-0.4, -0.2) is 50.3 Å². The summed E-state index contributed by atoms with van der Waals surface area (Å²) in [5.41, 5.74) is 6.41. The van der Waals surface area contributed by atoms with E-state index in [0.717, 1.165) is 58.8 Å². The van der Waals surface area contributed by atoms with Gasteiger partial charge in [0.15, 0.2) is 5.82 Å². The fourth-order valence-corrected chi connectivity index (χ4v) is 4.47. The third-order valence-electron chi connectivity index (χ3n) is 6.37. The van der Waals surface area contributed by atoms with Crippen LogP contribution in [0.5, 0.6) is 5.75 Å². The Labute approximate surface area is 203 Å². The monoisotopic (exact) mass is 463 g/mol. The van der Waals surface area contributed by atoms with Gasteiger partial charge in [0.2, 0.25) is 5.95 Å². The van der Waals surface area contributed by atoms with Crippen molar-refractivity contribution >= 4 is 22.5 Å². The molecule has 0 amide bonds. The lowest BCUT2D eigenvalue weighted by Gasteiger charge is -2.26. The lowest BCUT2D eigenvalue weighted by atomic mass is 9.99. The molecule has 8 nitrogen and oxygen atoms in total. The van der Waals surface area contributed by atoms with Crippen LogP contribution in [0, 0.1) is 0 Å². The molecule has 0 saturated heterocycles. The topological polar surface area (TPSA) is 81.0 Å². The lowest BCUT2D eigenvalue weighted by Crippen LogP contribution is -2.26. The van der Waals surface area contributed by atoms with Gasteiger partial charge >= 0.3 is 0 Å². The van der Waals surface area contributed by atoms with Gasteiger partial charge in [0, 0.05) is 48.8 Å². The van der Waals surface area contributed by atoms with Crippen LogP contribution in [0.1, 0.15) is 11.1 Å². The van der Waals surface area contributed by atoms with Crippen LogP contribution in [0.4, 0.5) is 11.6 Å². The Morgan fingerprint density at radius 1 is 0.971 bits per heavy atom. The van der Waals surface area contributed by atoms with E-state index in [2.05, 4.69) is 56.6 Å². The highest BCUT2D eigenvalue weighted by atomic mass is 16.5. The first-order valence-corrected chi connectivity index (χ1v) is 11.5. The number of rotatable bonds is 5. The predicted octanol–water partition coefficient (Wildman–Crippen LogP) is 4.62. The van der Waals surface area contributed by atoms with Gasteiger partial charge in [0.05, 0.1) is 18.3 Å². The minimum absolute atomic E-state index is 0.532. The molecular formula is C27H25N7O. The van der Waals surface area contributed by atoms with Gasteiger partial charge in [-0.3, -0.25) is 0 Å². The van der Waals surface area contributed by atoms with E-state index in [4.69, 9.17) is 9.72 Å². The van der Waals surface area contributed by atoms with E-state index in [1.54, 1.807) is 18.0 Å². The minimum Gasteiger partial charge on any atom is -0.495 e. The molecule has 4 heterocycles. The van der Waals surface area contributed by atoms with Crippen LogP contribution >= 0.6 is 0 Å². The number of pyridine rings is 1. The van der Waals surface area contributed by atoms with Crippen LogP contribution in [0.25, 0.3) is 27.8 Å². The summed E-state index contributed by atoms with van der Waals surface area (Å²) in [6, 6.07) is 16.3. The van der Waals surface area contributed by atoms with Gasteiger partial charge in [-0.1, -0.05) is 12.1 Å². The summed E-state index contributed by atoms with van der Waals surface area (Å²) >= 11 is 0. The average Bonchev–Trinajstić information content (AvgIpc) is 3.43. The highest BCUT2D eigenvalue weighted by Gasteiger charge is 2.17. The molecule has 1 aliphatic heterocycles. The van der Waals surface area contributed by atoms with Crippen LogP contribution < -0.4 is 10.1 Å². The summed E-state index contributed by atoms with van der Waals surface area (Å²) in [5, 5.41) is 8.58. The molecule has 35 heavy (non-hydrogen) atoms. The van der Waals surface area contributed by atoms with Gasteiger partial charge in [-0.2, -0.15) is 5.10 Å². The molecule has 0 atom stereocenters. The summed E-state index contributed by atoms with van der Waals surface area (Å²) in [5.74, 6) is 2.11. The number of hydrogen-bond donors (Lipinski definition) is 1. The smallest absolute Gasteiger partial charge is 0.227 e. The lowest BCUT2D eigenvalue weighted by molar-refractivity contribution is 0.312. The number of methoxy groups -OCH3 is 1. The summed E-state index contributed by atoms with van der Waals surface area (Å²) in [6.07, 6.45) is 8.33. The number of ether oxygens (including phenoxy) is 1. The highest BCUT2D eigenvalue weighted by molar-refractivity contribution is 5.84. The molecule has 3 aromatic heterocycles. The van der Waals surface area contributed by atoms with E-state index in [1.807, 2.05) is 42.9 Å². The molecule has 2 aromatic carbocycles. The molecule has 174 valence electrons. The van der Waals surface area contributed by atoms with E-state index in [-0.39, 0.29) is 0 Å². The SMILES string of the molecule is COc1cc2c(cc1Nc1ncc3ccc(-c4ccc(-n5cccn5)nc4)cc3n1)CN(C)CC2. The average molecular weight is 464 g/mol. The van der Waals surface area contributed by atoms with Crippen molar-refractivity contribution in [3.63, 3.8) is 0 Å². The molecule has 0 fully saturated rings. The van der Waals surface area contributed by atoms with E-state index in [0.29, 0.717) is 5.95 Å². The van der Waals surface area contributed by atoms with Gasteiger partial charge in [-0.05, 0) is 66.6 Å². The first kappa shape index (κ1) is 21.2. The van der Waals surface area contributed by atoms with Gasteiger partial charge in [0.25, 0.3) is 0 Å². The number of fused-ring (bicyclic) bond motifs is 2. The Hall–Kier alpha value is -4.30. The molecule has 0 bridgehead atoms. The number of aromatic nitrogens is 5. The van der Waals surface area contributed by atoms with Gasteiger partial charge in [-0.25, -0.2) is 19.6 Å². The Bertz CT molecular complexity index is 1500. The molecule has 1 N–H and O–H groups in total. The van der Waals surface area contributed by atoms with E-state index in [9.17, 15) is 0 Å². The Kier molecular flexibility index (Phi) is 5.35. The van der Waals surface area contributed by atoms with Crippen molar-refractivity contribution in [2.24, 2.45) is 0 Å². The second-order valence-corrected chi connectivity index (χ2v) is 8.76. The quantitative estimate of drug-likeness (QED) is 0.407. The molecule has 6 rings (SSSR count). The van der Waals surface area contributed by atoms with Crippen molar-refractivity contribution in [1.82, 2.24) is 29.6 Å². The van der Waals surface area contributed by atoms with Crippen molar-refractivity contribution in [3.05, 3.63) is 84.4 Å². The maximum atomic E-state index is 5.67. The van der Waals surface area contributed by atoms with Crippen LogP contribution in [-0.2, 0) is 13.0 Å². The predicted molar refractivity (Wildman–Crippen MR) is 136 cm³/mol. The number of anilines is 2. The maximum Gasteiger partial charge on any atom is 0.227 e. The zero-order valence-corrected chi connectivity index (χ0v) is 19.6. The molecule has 0 saturated carbocycles. The number of likely N-dealkylation sites (N-methyl/N-ethyl adjacent to an activating group) is 1. The summed E-state index contributed by atoms with van der Waals surface area (Å²) < 4.78 is 7.40. The van der Waals surface area contributed by atoms with Crippen molar-refractivity contribution in [2.45, 2.75) is 13.0 Å². The van der Waals surface area contributed by atoms with Gasteiger partial charge < -0.3 is 15.0 Å². The van der Waals surface area contributed by atoms with Gasteiger partial charge in [-0.15, -0.1) is 0 Å². The minimum atomic E-state index is 0.532. The Balaban J connectivity index is 1.30. The van der Waals surface area contributed by atoms with Crippen LogP contribution in [0.2, 0.25) is 0 Å². The van der Waals surface area contributed by atoms with Gasteiger partial charge in [0.1, 0.15) is 5.75 Å². The number of nitrogens with one attached hydrogen (secondary N) is 1. The van der Waals surface area contributed by atoms with E-state index >= 15 is 0 Å². The highest BCUT2D eigenvalue weighted by Crippen LogP contribution is 2.33. The number of nitrogens with zero attached hydrogens (tertiary/aromatic N) is 6. The summed E-state index contributed by atoms with van der Waals surface area (Å²) in [4.78, 5) is 16.2. The third-order valence-corrected chi connectivity index (χ3v) is 6.37. The molecular weight excluding hydrogens is 438 g/mol. The number of hydrogen-bond acceptors (Lipinski definition) is 7. The molecule has 0 spiro atoms. The Morgan fingerprint density at radius 3 is 2.69 bits per heavy atom. The van der Waals surface area contributed by atoms with Crippen molar-refractivity contribution < 1.29 is 4.74 Å². The summed E-state index contributed by atoms with van der Waals surface area (Å²) in [7, 11) is 3.84.